The molecule has 0 spiro atoms. The standard InChI is InChI=1S/C30H40N4O4/c1-3-17-38-29(36)28(23-12-5-4-6-13-23)34-21-24-19-25(15-16-26(24)32-30(34)31)37-18-9-14-27(35)33(2)20-22-10-7-8-11-22/h4-6,12-13,15-16,19,22,28H,3,7-11,14,17-18,20-21H2,1-2H3,(H2,31,32). The number of nitrogens with two attached hydrogens (primary N) is 1. The fraction of sp³-hybridized carbons (Fsp3) is 0.500. The van der Waals surface area contributed by atoms with Gasteiger partial charge in [-0.3, -0.25) is 4.79 Å². The third-order valence-electron chi connectivity index (χ3n) is 7.26. The average Bonchev–Trinajstić information content (AvgIpc) is 3.44. The molecule has 8 heteroatoms. The number of fused-ring (bicyclic) bond motifs is 1. The summed E-state index contributed by atoms with van der Waals surface area (Å²) in [4.78, 5) is 33.8. The van der Waals surface area contributed by atoms with E-state index in [2.05, 4.69) is 4.99 Å². The molecular formula is C30H40N4O4. The van der Waals surface area contributed by atoms with E-state index in [-0.39, 0.29) is 17.8 Å². The predicted molar refractivity (Wildman–Crippen MR) is 148 cm³/mol. The average molecular weight is 521 g/mol. The van der Waals surface area contributed by atoms with E-state index in [9.17, 15) is 9.59 Å². The van der Waals surface area contributed by atoms with Crippen LogP contribution in [-0.4, -0.2) is 54.4 Å². The van der Waals surface area contributed by atoms with E-state index in [1.807, 2.05) is 67.4 Å². The third-order valence-corrected chi connectivity index (χ3v) is 7.26. The number of rotatable bonds is 12. The van der Waals surface area contributed by atoms with Crippen molar-refractivity contribution in [1.82, 2.24) is 9.80 Å². The summed E-state index contributed by atoms with van der Waals surface area (Å²) in [7, 11) is 1.91. The van der Waals surface area contributed by atoms with Crippen LogP contribution in [0.5, 0.6) is 5.75 Å². The van der Waals surface area contributed by atoms with Crippen LogP contribution in [0.3, 0.4) is 0 Å². The van der Waals surface area contributed by atoms with Crippen LogP contribution in [0, 0.1) is 5.92 Å². The number of amides is 1. The second kappa shape index (κ2) is 13.3. The summed E-state index contributed by atoms with van der Waals surface area (Å²) in [6.45, 7) is 4.02. The molecule has 0 radical (unpaired) electrons. The first-order valence-corrected chi connectivity index (χ1v) is 13.8. The second-order valence-electron chi connectivity index (χ2n) is 10.2. The Labute approximate surface area is 225 Å². The van der Waals surface area contributed by atoms with Crippen molar-refractivity contribution >= 4 is 23.5 Å². The lowest BCUT2D eigenvalue weighted by molar-refractivity contribution is -0.149. The number of carbonyl (C=O) groups is 2. The third kappa shape index (κ3) is 7.05. The molecule has 2 N–H and O–H groups in total. The van der Waals surface area contributed by atoms with Gasteiger partial charge in [0.15, 0.2) is 12.0 Å². The number of esters is 1. The predicted octanol–water partition coefficient (Wildman–Crippen LogP) is 4.95. The number of aliphatic imine (C=N–C) groups is 1. The summed E-state index contributed by atoms with van der Waals surface area (Å²) in [5.74, 6) is 1.45. The van der Waals surface area contributed by atoms with Crippen molar-refractivity contribution in [2.24, 2.45) is 16.6 Å². The summed E-state index contributed by atoms with van der Waals surface area (Å²) >= 11 is 0. The van der Waals surface area contributed by atoms with Gasteiger partial charge in [0, 0.05) is 32.1 Å². The van der Waals surface area contributed by atoms with Crippen LogP contribution < -0.4 is 10.5 Å². The fourth-order valence-corrected chi connectivity index (χ4v) is 5.21. The lowest BCUT2D eigenvalue weighted by Crippen LogP contribution is -2.44. The van der Waals surface area contributed by atoms with Crippen LogP contribution in [0.4, 0.5) is 5.69 Å². The van der Waals surface area contributed by atoms with Gasteiger partial charge in [-0.15, -0.1) is 0 Å². The first-order chi connectivity index (χ1) is 18.5. The minimum Gasteiger partial charge on any atom is -0.494 e. The van der Waals surface area contributed by atoms with Gasteiger partial charge in [0.1, 0.15) is 5.75 Å². The van der Waals surface area contributed by atoms with Gasteiger partial charge in [0.25, 0.3) is 0 Å². The molecule has 204 valence electrons. The summed E-state index contributed by atoms with van der Waals surface area (Å²) in [6, 6.07) is 14.5. The molecule has 1 atom stereocenters. The Hall–Kier alpha value is -3.55. The Morgan fingerprint density at radius 1 is 1.13 bits per heavy atom. The number of hydrogen-bond acceptors (Lipinski definition) is 7. The van der Waals surface area contributed by atoms with E-state index in [4.69, 9.17) is 15.2 Å². The number of benzene rings is 2. The van der Waals surface area contributed by atoms with E-state index in [0.717, 1.165) is 29.8 Å². The Kier molecular flexibility index (Phi) is 9.62. The second-order valence-corrected chi connectivity index (χ2v) is 10.2. The topological polar surface area (TPSA) is 97.5 Å². The maximum absolute atomic E-state index is 13.1. The summed E-state index contributed by atoms with van der Waals surface area (Å²) in [5, 5.41) is 0. The smallest absolute Gasteiger partial charge is 0.333 e. The zero-order chi connectivity index (χ0) is 26.9. The zero-order valence-electron chi connectivity index (χ0n) is 22.6. The van der Waals surface area contributed by atoms with Crippen molar-refractivity contribution in [3.8, 4) is 5.75 Å². The van der Waals surface area contributed by atoms with Crippen molar-refractivity contribution in [3.05, 3.63) is 59.7 Å². The van der Waals surface area contributed by atoms with Gasteiger partial charge in [-0.25, -0.2) is 9.79 Å². The van der Waals surface area contributed by atoms with E-state index < -0.39 is 6.04 Å². The van der Waals surface area contributed by atoms with Gasteiger partial charge in [0.2, 0.25) is 5.91 Å². The van der Waals surface area contributed by atoms with E-state index in [0.29, 0.717) is 44.3 Å². The van der Waals surface area contributed by atoms with Gasteiger partial charge in [-0.1, -0.05) is 50.1 Å². The Morgan fingerprint density at radius 3 is 2.63 bits per heavy atom. The SMILES string of the molecule is CCCOC(=O)C(c1ccccc1)N1Cc2cc(OCCCC(=O)N(C)CC3CCCC3)ccc2N=C1N. The van der Waals surface area contributed by atoms with Crippen LogP contribution in [0.25, 0.3) is 0 Å². The monoisotopic (exact) mass is 520 g/mol. The van der Waals surface area contributed by atoms with Crippen molar-refractivity contribution in [1.29, 1.82) is 0 Å². The van der Waals surface area contributed by atoms with Crippen molar-refractivity contribution in [3.63, 3.8) is 0 Å². The lowest BCUT2D eigenvalue weighted by atomic mass is 10.0. The van der Waals surface area contributed by atoms with Gasteiger partial charge in [0.05, 0.1) is 18.9 Å². The number of hydrogen-bond donors (Lipinski definition) is 1. The summed E-state index contributed by atoms with van der Waals surface area (Å²) in [6.07, 6.45) is 6.90. The Bertz CT molecular complexity index is 1110. The molecule has 8 nitrogen and oxygen atoms in total. The quantitative estimate of drug-likeness (QED) is 0.314. The lowest BCUT2D eigenvalue weighted by Gasteiger charge is -2.34. The van der Waals surface area contributed by atoms with Crippen molar-refractivity contribution in [2.45, 2.75) is 64.5 Å². The molecule has 1 fully saturated rings. The molecule has 2 aromatic carbocycles. The minimum atomic E-state index is -0.698. The fourth-order valence-electron chi connectivity index (χ4n) is 5.21. The minimum absolute atomic E-state index is 0.174. The molecule has 0 bridgehead atoms. The van der Waals surface area contributed by atoms with Crippen molar-refractivity contribution in [2.75, 3.05) is 26.8 Å². The molecule has 0 saturated heterocycles. The molecule has 1 aliphatic heterocycles. The molecule has 0 aromatic heterocycles. The van der Waals surface area contributed by atoms with Gasteiger partial charge >= 0.3 is 5.97 Å². The first kappa shape index (κ1) is 27.5. The highest BCUT2D eigenvalue weighted by Gasteiger charge is 2.33. The van der Waals surface area contributed by atoms with Crippen LogP contribution in [0.15, 0.2) is 53.5 Å². The van der Waals surface area contributed by atoms with Gasteiger partial charge in [-0.2, -0.15) is 0 Å². The molecule has 2 aliphatic rings. The molecule has 1 amide bonds. The van der Waals surface area contributed by atoms with Crippen LogP contribution in [0.1, 0.15) is 69.0 Å². The van der Waals surface area contributed by atoms with Crippen LogP contribution in [-0.2, 0) is 20.9 Å². The molecule has 1 aliphatic carbocycles. The Morgan fingerprint density at radius 2 is 1.89 bits per heavy atom. The molecule has 1 saturated carbocycles. The molecule has 38 heavy (non-hydrogen) atoms. The largest absolute Gasteiger partial charge is 0.494 e. The molecule has 2 aromatic rings. The molecule has 1 unspecified atom stereocenters. The highest BCUT2D eigenvalue weighted by molar-refractivity contribution is 5.89. The van der Waals surface area contributed by atoms with Gasteiger partial charge in [-0.05, 0) is 55.4 Å². The highest BCUT2D eigenvalue weighted by atomic mass is 16.5. The molecular weight excluding hydrogens is 480 g/mol. The van der Waals surface area contributed by atoms with Gasteiger partial charge < -0.3 is 25.0 Å². The summed E-state index contributed by atoms with van der Waals surface area (Å²) in [5.41, 5.74) is 8.80. The maximum atomic E-state index is 13.1. The number of carbonyl (C=O) groups excluding carboxylic acids is 2. The van der Waals surface area contributed by atoms with E-state index >= 15 is 0 Å². The molecule has 1 heterocycles. The number of nitrogens with zero attached hydrogens (tertiary/aromatic N) is 3. The first-order valence-electron chi connectivity index (χ1n) is 13.8. The number of ether oxygens (including phenoxy) is 2. The highest BCUT2D eigenvalue weighted by Crippen LogP contribution is 2.34. The number of guanidine groups is 1. The maximum Gasteiger partial charge on any atom is 0.333 e. The zero-order valence-corrected chi connectivity index (χ0v) is 22.6. The van der Waals surface area contributed by atoms with E-state index in [1.54, 1.807) is 4.90 Å². The van der Waals surface area contributed by atoms with E-state index in [1.165, 1.54) is 25.7 Å². The van der Waals surface area contributed by atoms with Crippen LogP contribution in [0.2, 0.25) is 0 Å². The normalized spacial score (nSPS) is 15.9. The summed E-state index contributed by atoms with van der Waals surface area (Å²) < 4.78 is 11.5. The molecule has 4 rings (SSSR count). The van der Waals surface area contributed by atoms with Crippen molar-refractivity contribution < 1.29 is 19.1 Å². The van der Waals surface area contributed by atoms with Crippen LogP contribution >= 0.6 is 0 Å². The Balaban J connectivity index is 1.36.